The van der Waals surface area contributed by atoms with Crippen LogP contribution in [0.5, 0.6) is 5.75 Å². The molecule has 2 aromatic rings. The van der Waals surface area contributed by atoms with E-state index in [-0.39, 0.29) is 18.9 Å². The monoisotopic (exact) mass is 315 g/mol. The van der Waals surface area contributed by atoms with Crippen LogP contribution in [0.25, 0.3) is 0 Å². The molecule has 0 saturated heterocycles. The van der Waals surface area contributed by atoms with Crippen molar-refractivity contribution in [1.29, 1.82) is 0 Å². The lowest BCUT2D eigenvalue weighted by molar-refractivity contribution is 0.141. The molecule has 4 nitrogen and oxygen atoms in total. The third kappa shape index (κ3) is 5.39. The van der Waals surface area contributed by atoms with Crippen LogP contribution in [0, 0.1) is 11.8 Å². The molecule has 0 radical (unpaired) electrons. The first-order valence-electron chi connectivity index (χ1n) is 6.56. The maximum Gasteiger partial charge on any atom is 0.408 e. The van der Waals surface area contributed by atoms with E-state index in [4.69, 9.17) is 16.3 Å². The summed E-state index contributed by atoms with van der Waals surface area (Å²) in [6.07, 6.45) is -0.535. The SMILES string of the molecule is O=C(NCC#Cc1cc(O)cc(Cl)c1)OCc1ccccc1. The van der Waals surface area contributed by atoms with Crippen LogP contribution >= 0.6 is 11.6 Å². The number of hydrogen-bond donors (Lipinski definition) is 2. The zero-order chi connectivity index (χ0) is 15.8. The number of carbonyl (C=O) groups excluding carboxylic acids is 1. The van der Waals surface area contributed by atoms with Crippen molar-refractivity contribution in [3.05, 3.63) is 64.7 Å². The van der Waals surface area contributed by atoms with Crippen LogP contribution in [0.3, 0.4) is 0 Å². The molecule has 0 saturated carbocycles. The predicted octanol–water partition coefficient (Wildman–Crippen LogP) is 3.32. The van der Waals surface area contributed by atoms with Crippen molar-refractivity contribution in [3.8, 4) is 17.6 Å². The van der Waals surface area contributed by atoms with Gasteiger partial charge in [-0.15, -0.1) is 0 Å². The van der Waals surface area contributed by atoms with Crippen molar-refractivity contribution < 1.29 is 14.6 Å². The Morgan fingerprint density at radius 3 is 2.73 bits per heavy atom. The fourth-order valence-electron chi connectivity index (χ4n) is 1.68. The van der Waals surface area contributed by atoms with E-state index >= 15 is 0 Å². The molecule has 0 unspecified atom stereocenters. The molecule has 5 heteroatoms. The first-order chi connectivity index (χ1) is 10.6. The lowest BCUT2D eigenvalue weighted by Gasteiger charge is -2.04. The summed E-state index contributed by atoms with van der Waals surface area (Å²) < 4.78 is 5.04. The fraction of sp³-hybridized carbons (Fsp3) is 0.118. The van der Waals surface area contributed by atoms with Gasteiger partial charge >= 0.3 is 6.09 Å². The van der Waals surface area contributed by atoms with Gasteiger partial charge < -0.3 is 15.2 Å². The third-order valence-corrected chi connectivity index (χ3v) is 2.87. The molecule has 0 aliphatic heterocycles. The Bertz CT molecular complexity index is 685. The Balaban J connectivity index is 1.76. The summed E-state index contributed by atoms with van der Waals surface area (Å²) in [4.78, 5) is 11.5. The van der Waals surface area contributed by atoms with Crippen molar-refractivity contribution >= 4 is 17.7 Å². The number of rotatable bonds is 3. The molecule has 2 N–H and O–H groups in total. The summed E-state index contributed by atoms with van der Waals surface area (Å²) in [5.74, 6) is 5.59. The van der Waals surface area contributed by atoms with E-state index < -0.39 is 6.09 Å². The van der Waals surface area contributed by atoms with Crippen molar-refractivity contribution in [3.63, 3.8) is 0 Å². The summed E-state index contributed by atoms with van der Waals surface area (Å²) in [5.41, 5.74) is 1.49. The molecule has 0 heterocycles. The molecule has 1 amide bonds. The molecule has 2 rings (SSSR count). The first kappa shape index (κ1) is 15.7. The van der Waals surface area contributed by atoms with Crippen LogP contribution in [0.1, 0.15) is 11.1 Å². The van der Waals surface area contributed by atoms with Crippen molar-refractivity contribution in [2.24, 2.45) is 0 Å². The largest absolute Gasteiger partial charge is 0.508 e. The summed E-state index contributed by atoms with van der Waals surface area (Å²) in [7, 11) is 0. The van der Waals surface area contributed by atoms with E-state index in [2.05, 4.69) is 17.2 Å². The van der Waals surface area contributed by atoms with Gasteiger partial charge in [-0.2, -0.15) is 0 Å². The van der Waals surface area contributed by atoms with Gasteiger partial charge in [0.2, 0.25) is 0 Å². The lowest BCUT2D eigenvalue weighted by atomic mass is 10.2. The number of ether oxygens (including phenoxy) is 1. The van der Waals surface area contributed by atoms with Crippen LogP contribution in [0.15, 0.2) is 48.5 Å². The zero-order valence-electron chi connectivity index (χ0n) is 11.7. The Morgan fingerprint density at radius 2 is 2.00 bits per heavy atom. The highest BCUT2D eigenvalue weighted by Gasteiger charge is 2.00. The van der Waals surface area contributed by atoms with Crippen molar-refractivity contribution in [2.75, 3.05) is 6.54 Å². The standard InChI is InChI=1S/C17H14ClNO3/c18-15-9-14(10-16(20)11-15)7-4-8-19-17(21)22-12-13-5-2-1-3-6-13/h1-3,5-6,9-11,20H,8,12H2,(H,19,21). The minimum absolute atomic E-state index is 0.0482. The van der Waals surface area contributed by atoms with E-state index in [1.54, 1.807) is 6.07 Å². The van der Waals surface area contributed by atoms with Gasteiger partial charge in [0, 0.05) is 10.6 Å². The summed E-state index contributed by atoms with van der Waals surface area (Å²) in [6, 6.07) is 13.9. The number of carbonyl (C=O) groups is 1. The molecule has 0 aliphatic carbocycles. The normalized spacial score (nSPS) is 9.50. The number of amides is 1. The molecule has 0 fully saturated rings. The van der Waals surface area contributed by atoms with Crippen LogP contribution < -0.4 is 5.32 Å². The van der Waals surface area contributed by atoms with Crippen molar-refractivity contribution in [2.45, 2.75) is 6.61 Å². The summed E-state index contributed by atoms with van der Waals surface area (Å²) in [5, 5.41) is 12.3. The molecular weight excluding hydrogens is 302 g/mol. The fourth-order valence-corrected chi connectivity index (χ4v) is 1.91. The number of phenolic OH excluding ortho intramolecular Hbond substituents is 1. The quantitative estimate of drug-likeness (QED) is 0.854. The molecule has 2 aromatic carbocycles. The molecule has 112 valence electrons. The second kappa shape index (κ2) is 7.96. The van der Waals surface area contributed by atoms with Gasteiger partial charge in [0.05, 0.1) is 6.54 Å². The van der Waals surface area contributed by atoms with Gasteiger partial charge in [0.25, 0.3) is 0 Å². The van der Waals surface area contributed by atoms with E-state index in [0.29, 0.717) is 10.6 Å². The maximum absolute atomic E-state index is 11.5. The average molecular weight is 316 g/mol. The Labute approximate surface area is 133 Å². The summed E-state index contributed by atoms with van der Waals surface area (Å²) >= 11 is 5.80. The highest BCUT2D eigenvalue weighted by atomic mass is 35.5. The lowest BCUT2D eigenvalue weighted by Crippen LogP contribution is -2.24. The number of nitrogens with one attached hydrogen (secondary N) is 1. The number of hydrogen-bond acceptors (Lipinski definition) is 3. The number of aromatic hydroxyl groups is 1. The van der Waals surface area contributed by atoms with Crippen LogP contribution in [-0.4, -0.2) is 17.7 Å². The minimum Gasteiger partial charge on any atom is -0.508 e. The van der Waals surface area contributed by atoms with Crippen LogP contribution in [-0.2, 0) is 11.3 Å². The van der Waals surface area contributed by atoms with E-state index in [9.17, 15) is 9.90 Å². The molecule has 22 heavy (non-hydrogen) atoms. The van der Waals surface area contributed by atoms with Crippen LogP contribution in [0.4, 0.5) is 4.79 Å². The molecule has 0 aliphatic rings. The zero-order valence-corrected chi connectivity index (χ0v) is 12.4. The van der Waals surface area contributed by atoms with E-state index in [1.165, 1.54) is 12.1 Å². The average Bonchev–Trinajstić information content (AvgIpc) is 2.50. The van der Waals surface area contributed by atoms with Gasteiger partial charge in [-0.25, -0.2) is 4.79 Å². The van der Waals surface area contributed by atoms with Crippen LogP contribution in [0.2, 0.25) is 5.02 Å². The van der Waals surface area contributed by atoms with Gasteiger partial charge in [-0.1, -0.05) is 53.8 Å². The Morgan fingerprint density at radius 1 is 1.23 bits per heavy atom. The van der Waals surface area contributed by atoms with Crippen molar-refractivity contribution in [1.82, 2.24) is 5.32 Å². The van der Waals surface area contributed by atoms with Gasteiger partial charge in [0.1, 0.15) is 12.4 Å². The third-order valence-electron chi connectivity index (χ3n) is 2.65. The molecule has 0 aromatic heterocycles. The van der Waals surface area contributed by atoms with Gasteiger partial charge in [-0.05, 0) is 23.8 Å². The number of alkyl carbamates (subject to hydrolysis) is 1. The molecular formula is C17H14ClNO3. The first-order valence-corrected chi connectivity index (χ1v) is 6.94. The number of halogens is 1. The summed E-state index contributed by atoms with van der Waals surface area (Å²) in [6.45, 7) is 0.350. The Kier molecular flexibility index (Phi) is 5.70. The van der Waals surface area contributed by atoms with E-state index in [1.807, 2.05) is 30.3 Å². The molecule has 0 spiro atoms. The highest BCUT2D eigenvalue weighted by Crippen LogP contribution is 2.18. The number of benzene rings is 2. The second-order valence-electron chi connectivity index (χ2n) is 4.42. The molecule has 0 atom stereocenters. The predicted molar refractivity (Wildman–Crippen MR) is 84.6 cm³/mol. The second-order valence-corrected chi connectivity index (χ2v) is 4.85. The van der Waals surface area contributed by atoms with E-state index in [0.717, 1.165) is 5.56 Å². The topological polar surface area (TPSA) is 58.6 Å². The van der Waals surface area contributed by atoms with Gasteiger partial charge in [-0.3, -0.25) is 0 Å². The number of phenols is 1. The van der Waals surface area contributed by atoms with Gasteiger partial charge in [0.15, 0.2) is 0 Å². The maximum atomic E-state index is 11.5. The smallest absolute Gasteiger partial charge is 0.408 e. The highest BCUT2D eigenvalue weighted by molar-refractivity contribution is 6.30. The minimum atomic E-state index is -0.535. The Hall–Kier alpha value is -2.64. The molecule has 0 bridgehead atoms.